The van der Waals surface area contributed by atoms with Crippen molar-refractivity contribution in [1.82, 2.24) is 10.9 Å². The maximum absolute atomic E-state index is 11.7. The van der Waals surface area contributed by atoms with Crippen LogP contribution in [-0.4, -0.2) is 11.8 Å². The Bertz CT molecular complexity index is 720. The molecule has 2 rings (SSSR count). The number of carbonyl (C=O) groups excluding carboxylic acids is 2. The summed E-state index contributed by atoms with van der Waals surface area (Å²) in [6.45, 7) is 0. The second kappa shape index (κ2) is 8.30. The highest BCUT2D eigenvalue weighted by atomic mass is 35.5. The van der Waals surface area contributed by atoms with Crippen molar-refractivity contribution in [2.24, 2.45) is 0 Å². The molecule has 0 saturated heterocycles. The molecule has 0 atom stereocenters. The summed E-state index contributed by atoms with van der Waals surface area (Å²) in [4.78, 5) is 23.4. The lowest BCUT2D eigenvalue weighted by Crippen LogP contribution is -2.44. The molecule has 0 bridgehead atoms. The second-order valence-corrected chi connectivity index (χ2v) is 6.09. The summed E-state index contributed by atoms with van der Waals surface area (Å²) in [5.74, 6) is -1.89. The Morgan fingerprint density at radius 1 is 0.667 bits per heavy atom. The molecule has 2 aromatic carbocycles. The van der Waals surface area contributed by atoms with Gasteiger partial charge in [0.2, 0.25) is 0 Å². The minimum absolute atomic E-state index is 0.286. The van der Waals surface area contributed by atoms with E-state index >= 15 is 0 Å². The summed E-state index contributed by atoms with van der Waals surface area (Å²) in [5.41, 5.74) is 10.2. The Morgan fingerprint density at radius 3 is 1.38 bits per heavy atom. The first kappa shape index (κ1) is 18.5. The molecule has 0 aromatic heterocycles. The number of amides is 2. The quantitative estimate of drug-likeness (QED) is 0.457. The summed E-state index contributed by atoms with van der Waals surface area (Å²) >= 11 is 23.4. The van der Waals surface area contributed by atoms with Crippen LogP contribution in [0.1, 0.15) is 0 Å². The summed E-state index contributed by atoms with van der Waals surface area (Å²) in [6, 6.07) is 9.23. The van der Waals surface area contributed by atoms with Crippen LogP contribution in [0.25, 0.3) is 0 Å². The third kappa shape index (κ3) is 5.07. The summed E-state index contributed by atoms with van der Waals surface area (Å²) < 4.78 is 0. The van der Waals surface area contributed by atoms with Gasteiger partial charge in [-0.3, -0.25) is 31.3 Å². The largest absolute Gasteiger partial charge is 0.329 e. The van der Waals surface area contributed by atoms with E-state index in [1.165, 1.54) is 12.1 Å². The SMILES string of the molecule is O=C(NNc1ccc(Cl)cc1Cl)C(=O)NNc1ccc(Cl)cc1Cl. The number of carbonyl (C=O) groups is 2. The number of anilines is 2. The third-order valence-corrected chi connectivity index (χ3v) is 3.79. The lowest BCUT2D eigenvalue weighted by Gasteiger charge is -2.12. The lowest BCUT2D eigenvalue weighted by molar-refractivity contribution is -0.138. The predicted octanol–water partition coefficient (Wildman–Crippen LogP) is 3.89. The van der Waals surface area contributed by atoms with E-state index in [0.717, 1.165) is 0 Å². The molecule has 0 unspecified atom stereocenters. The first-order valence-corrected chi connectivity index (χ1v) is 7.90. The molecule has 0 heterocycles. The van der Waals surface area contributed by atoms with Crippen LogP contribution in [0.5, 0.6) is 0 Å². The number of hydrogen-bond donors (Lipinski definition) is 4. The molecule has 0 saturated carbocycles. The van der Waals surface area contributed by atoms with Crippen molar-refractivity contribution < 1.29 is 9.59 Å². The topological polar surface area (TPSA) is 82.3 Å². The van der Waals surface area contributed by atoms with Crippen LogP contribution in [0.4, 0.5) is 11.4 Å². The Balaban J connectivity index is 1.87. The van der Waals surface area contributed by atoms with Gasteiger partial charge in [-0.25, -0.2) is 0 Å². The molecular formula is C14H10Cl4N4O2. The molecule has 0 spiro atoms. The highest BCUT2D eigenvalue weighted by molar-refractivity contribution is 6.38. The molecule has 0 aliphatic heterocycles. The van der Waals surface area contributed by atoms with Crippen LogP contribution >= 0.6 is 46.4 Å². The predicted molar refractivity (Wildman–Crippen MR) is 96.5 cm³/mol. The van der Waals surface area contributed by atoms with E-state index in [-0.39, 0.29) is 10.0 Å². The average Bonchev–Trinajstić information content (AvgIpc) is 2.52. The molecule has 2 aromatic rings. The van der Waals surface area contributed by atoms with Gasteiger partial charge in [0.1, 0.15) is 0 Å². The van der Waals surface area contributed by atoms with Gasteiger partial charge in [0.15, 0.2) is 0 Å². The number of nitrogens with one attached hydrogen (secondary N) is 4. The van der Waals surface area contributed by atoms with Gasteiger partial charge in [0, 0.05) is 10.0 Å². The van der Waals surface area contributed by atoms with Gasteiger partial charge in [-0.05, 0) is 36.4 Å². The Kier molecular flexibility index (Phi) is 6.39. The van der Waals surface area contributed by atoms with Crippen LogP contribution in [0, 0.1) is 0 Å². The molecule has 126 valence electrons. The Hall–Kier alpha value is -1.86. The number of hydrazine groups is 2. The van der Waals surface area contributed by atoms with Crippen LogP contribution in [0.2, 0.25) is 20.1 Å². The molecule has 10 heteroatoms. The molecule has 6 nitrogen and oxygen atoms in total. The molecule has 0 radical (unpaired) electrons. The van der Waals surface area contributed by atoms with Crippen LogP contribution < -0.4 is 21.7 Å². The standard InChI is InChI=1S/C14H10Cl4N4O2/c15-7-1-3-11(9(17)5-7)19-21-13(23)14(24)22-20-12-4-2-8(16)6-10(12)18/h1-6,19-20H,(H,21,23)(H,22,24). The molecular weight excluding hydrogens is 398 g/mol. The lowest BCUT2D eigenvalue weighted by atomic mass is 10.3. The average molecular weight is 408 g/mol. The summed E-state index contributed by atoms with van der Waals surface area (Å²) in [5, 5.41) is 1.46. The van der Waals surface area contributed by atoms with Crippen LogP contribution in [-0.2, 0) is 9.59 Å². The van der Waals surface area contributed by atoms with Gasteiger partial charge in [-0.1, -0.05) is 46.4 Å². The van der Waals surface area contributed by atoms with Crippen molar-refractivity contribution in [3.63, 3.8) is 0 Å². The Morgan fingerprint density at radius 2 is 1.04 bits per heavy atom. The van der Waals surface area contributed by atoms with E-state index in [1.54, 1.807) is 24.3 Å². The number of rotatable bonds is 4. The van der Waals surface area contributed by atoms with Crippen molar-refractivity contribution in [1.29, 1.82) is 0 Å². The first-order chi connectivity index (χ1) is 11.4. The van der Waals surface area contributed by atoms with Gasteiger partial charge >= 0.3 is 11.8 Å². The summed E-state index contributed by atoms with van der Waals surface area (Å²) in [6.07, 6.45) is 0. The fraction of sp³-hybridized carbons (Fsp3) is 0. The zero-order valence-corrected chi connectivity index (χ0v) is 14.8. The van der Waals surface area contributed by atoms with E-state index in [0.29, 0.717) is 21.4 Å². The highest BCUT2D eigenvalue weighted by Gasteiger charge is 2.14. The van der Waals surface area contributed by atoms with Crippen molar-refractivity contribution in [2.75, 3.05) is 10.9 Å². The van der Waals surface area contributed by atoms with Crippen molar-refractivity contribution >= 4 is 69.6 Å². The van der Waals surface area contributed by atoms with Crippen molar-refractivity contribution in [3.8, 4) is 0 Å². The van der Waals surface area contributed by atoms with E-state index in [9.17, 15) is 9.59 Å². The number of hydrogen-bond acceptors (Lipinski definition) is 4. The number of halogens is 4. The fourth-order valence-corrected chi connectivity index (χ4v) is 2.45. The van der Waals surface area contributed by atoms with Crippen molar-refractivity contribution in [3.05, 3.63) is 56.5 Å². The Labute approximate surface area is 157 Å². The second-order valence-electron chi connectivity index (χ2n) is 4.41. The van der Waals surface area contributed by atoms with Crippen LogP contribution in [0.15, 0.2) is 36.4 Å². The highest BCUT2D eigenvalue weighted by Crippen LogP contribution is 2.25. The molecule has 24 heavy (non-hydrogen) atoms. The number of benzene rings is 2. The van der Waals surface area contributed by atoms with E-state index in [1.807, 2.05) is 0 Å². The van der Waals surface area contributed by atoms with Gasteiger partial charge < -0.3 is 0 Å². The maximum atomic E-state index is 11.7. The van der Waals surface area contributed by atoms with Crippen LogP contribution in [0.3, 0.4) is 0 Å². The van der Waals surface area contributed by atoms with Gasteiger partial charge in [0.05, 0.1) is 21.4 Å². The van der Waals surface area contributed by atoms with Gasteiger partial charge in [-0.15, -0.1) is 0 Å². The van der Waals surface area contributed by atoms with Gasteiger partial charge in [-0.2, -0.15) is 0 Å². The molecule has 4 N–H and O–H groups in total. The zero-order chi connectivity index (χ0) is 17.7. The molecule has 2 amide bonds. The molecule has 0 aliphatic rings. The first-order valence-electron chi connectivity index (χ1n) is 6.39. The normalized spacial score (nSPS) is 10.0. The third-order valence-electron chi connectivity index (χ3n) is 2.69. The zero-order valence-electron chi connectivity index (χ0n) is 11.8. The molecule has 0 aliphatic carbocycles. The van der Waals surface area contributed by atoms with E-state index in [4.69, 9.17) is 46.4 Å². The van der Waals surface area contributed by atoms with Gasteiger partial charge in [0.25, 0.3) is 0 Å². The van der Waals surface area contributed by atoms with E-state index in [2.05, 4.69) is 21.7 Å². The minimum atomic E-state index is -0.946. The fourth-order valence-electron chi connectivity index (χ4n) is 1.54. The smallest absolute Gasteiger partial charge is 0.297 e. The molecule has 0 fully saturated rings. The summed E-state index contributed by atoms with van der Waals surface area (Å²) in [7, 11) is 0. The minimum Gasteiger partial charge on any atom is -0.297 e. The maximum Gasteiger partial charge on any atom is 0.329 e. The van der Waals surface area contributed by atoms with E-state index < -0.39 is 11.8 Å². The monoisotopic (exact) mass is 406 g/mol. The van der Waals surface area contributed by atoms with Crippen molar-refractivity contribution in [2.45, 2.75) is 0 Å².